The van der Waals surface area contributed by atoms with Crippen LogP contribution in [-0.4, -0.2) is 32.3 Å². The molecule has 1 heterocycles. The summed E-state index contributed by atoms with van der Waals surface area (Å²) in [6.07, 6.45) is -2.44. The van der Waals surface area contributed by atoms with Gasteiger partial charge in [-0.05, 0) is 28.1 Å². The zero-order valence-electron chi connectivity index (χ0n) is 7.06. The van der Waals surface area contributed by atoms with Gasteiger partial charge in [-0.25, -0.2) is 4.98 Å². The second-order valence-electron chi connectivity index (χ2n) is 2.70. The standard InChI is InChI=1S/C8H9BrClNO3/c9-6-2-1-4(12)7(11-6)8(14)5(13)3-10/h1-2,5,8,12-14H,3H2. The average molecular weight is 283 g/mol. The molecule has 1 aromatic heterocycles. The van der Waals surface area contributed by atoms with Gasteiger partial charge in [-0.2, -0.15) is 0 Å². The van der Waals surface area contributed by atoms with Gasteiger partial charge in [-0.3, -0.25) is 0 Å². The third kappa shape index (κ3) is 2.57. The Morgan fingerprint density at radius 3 is 2.64 bits per heavy atom. The quantitative estimate of drug-likeness (QED) is 0.575. The van der Waals surface area contributed by atoms with Crippen LogP contribution in [0.1, 0.15) is 11.8 Å². The number of halogens is 2. The summed E-state index contributed by atoms with van der Waals surface area (Å²) in [5.74, 6) is -0.306. The fourth-order valence-corrected chi connectivity index (χ4v) is 1.42. The van der Waals surface area contributed by atoms with Gasteiger partial charge in [0.15, 0.2) is 0 Å². The van der Waals surface area contributed by atoms with E-state index in [0.29, 0.717) is 4.60 Å². The van der Waals surface area contributed by atoms with E-state index in [1.165, 1.54) is 12.1 Å². The van der Waals surface area contributed by atoms with Crippen LogP contribution >= 0.6 is 27.5 Å². The van der Waals surface area contributed by atoms with Crippen molar-refractivity contribution in [3.05, 3.63) is 22.4 Å². The predicted molar refractivity (Wildman–Crippen MR) is 55.3 cm³/mol. The van der Waals surface area contributed by atoms with Crippen molar-refractivity contribution < 1.29 is 15.3 Å². The van der Waals surface area contributed by atoms with E-state index in [1.807, 2.05) is 0 Å². The maximum atomic E-state index is 9.52. The molecule has 78 valence electrons. The molecule has 0 spiro atoms. The first-order valence-electron chi connectivity index (χ1n) is 3.83. The molecule has 0 aliphatic heterocycles. The van der Waals surface area contributed by atoms with Gasteiger partial charge in [-0.1, -0.05) is 0 Å². The Balaban J connectivity index is 2.99. The molecule has 0 fully saturated rings. The largest absolute Gasteiger partial charge is 0.506 e. The van der Waals surface area contributed by atoms with Crippen molar-refractivity contribution >= 4 is 27.5 Å². The van der Waals surface area contributed by atoms with Crippen LogP contribution in [0.15, 0.2) is 16.7 Å². The second-order valence-corrected chi connectivity index (χ2v) is 3.83. The Kier molecular flexibility index (Phi) is 4.12. The lowest BCUT2D eigenvalue weighted by atomic mass is 10.1. The Morgan fingerprint density at radius 2 is 2.07 bits per heavy atom. The zero-order chi connectivity index (χ0) is 10.7. The summed E-state index contributed by atoms with van der Waals surface area (Å²) in [6, 6.07) is 2.90. The SMILES string of the molecule is Oc1ccc(Br)nc1C(O)C(O)CCl. The summed E-state index contributed by atoms with van der Waals surface area (Å²) in [5.41, 5.74) is 0.00697. The third-order valence-electron chi connectivity index (χ3n) is 1.67. The maximum Gasteiger partial charge on any atom is 0.139 e. The first kappa shape index (κ1) is 11.7. The van der Waals surface area contributed by atoms with Crippen LogP contribution in [-0.2, 0) is 0 Å². The molecule has 0 saturated carbocycles. The van der Waals surface area contributed by atoms with Gasteiger partial charge < -0.3 is 15.3 Å². The molecule has 4 nitrogen and oxygen atoms in total. The minimum absolute atomic E-state index is 0.00697. The summed E-state index contributed by atoms with van der Waals surface area (Å²) in [5, 5.41) is 28.1. The smallest absolute Gasteiger partial charge is 0.139 e. The molecule has 2 atom stereocenters. The summed E-state index contributed by atoms with van der Waals surface area (Å²) < 4.78 is 0.464. The zero-order valence-corrected chi connectivity index (χ0v) is 9.40. The van der Waals surface area contributed by atoms with Crippen LogP contribution in [0.3, 0.4) is 0 Å². The number of aliphatic hydroxyl groups excluding tert-OH is 2. The Hall–Kier alpha value is -0.360. The Morgan fingerprint density at radius 1 is 1.43 bits per heavy atom. The molecular weight excluding hydrogens is 273 g/mol. The maximum absolute atomic E-state index is 9.52. The van der Waals surface area contributed by atoms with Crippen LogP contribution < -0.4 is 0 Å². The van der Waals surface area contributed by atoms with E-state index in [0.717, 1.165) is 0 Å². The lowest BCUT2D eigenvalue weighted by Gasteiger charge is -2.15. The molecule has 0 aliphatic rings. The molecule has 0 saturated heterocycles. The van der Waals surface area contributed by atoms with E-state index >= 15 is 0 Å². The van der Waals surface area contributed by atoms with Gasteiger partial charge in [0, 0.05) is 0 Å². The third-order valence-corrected chi connectivity index (χ3v) is 2.43. The number of pyridine rings is 1. The first-order valence-corrected chi connectivity index (χ1v) is 5.16. The van der Waals surface area contributed by atoms with Gasteiger partial charge in [-0.15, -0.1) is 11.6 Å². The molecule has 0 aliphatic carbocycles. The molecule has 1 aromatic rings. The Bertz CT molecular complexity index is 323. The summed E-state index contributed by atoms with van der Waals surface area (Å²) in [6.45, 7) is 0. The Labute approximate surface area is 94.3 Å². The number of aromatic nitrogens is 1. The lowest BCUT2D eigenvalue weighted by molar-refractivity contribution is 0.0283. The summed E-state index contributed by atoms with van der Waals surface area (Å²) in [7, 11) is 0. The van der Waals surface area contributed by atoms with Crippen molar-refractivity contribution in [1.29, 1.82) is 0 Å². The highest BCUT2D eigenvalue weighted by molar-refractivity contribution is 9.10. The lowest BCUT2D eigenvalue weighted by Crippen LogP contribution is -2.20. The molecule has 1 rings (SSSR count). The molecule has 0 bridgehead atoms. The number of aromatic hydroxyl groups is 1. The second kappa shape index (κ2) is 4.93. The molecule has 0 aromatic carbocycles. The minimum Gasteiger partial charge on any atom is -0.506 e. The van der Waals surface area contributed by atoms with E-state index in [9.17, 15) is 15.3 Å². The topological polar surface area (TPSA) is 73.6 Å². The molecule has 0 amide bonds. The number of rotatable bonds is 3. The van der Waals surface area contributed by atoms with E-state index in [1.54, 1.807) is 0 Å². The molecule has 6 heteroatoms. The van der Waals surface area contributed by atoms with E-state index in [4.69, 9.17) is 11.6 Å². The number of hydrogen-bond acceptors (Lipinski definition) is 4. The van der Waals surface area contributed by atoms with E-state index < -0.39 is 12.2 Å². The number of alkyl halides is 1. The van der Waals surface area contributed by atoms with E-state index in [2.05, 4.69) is 20.9 Å². The predicted octanol–water partition coefficient (Wildman–Crippen LogP) is 1.18. The van der Waals surface area contributed by atoms with Crippen molar-refractivity contribution in [3.63, 3.8) is 0 Å². The summed E-state index contributed by atoms with van der Waals surface area (Å²) in [4.78, 5) is 3.84. The molecule has 3 N–H and O–H groups in total. The van der Waals surface area contributed by atoms with Crippen molar-refractivity contribution in [3.8, 4) is 5.75 Å². The van der Waals surface area contributed by atoms with Crippen LogP contribution in [0, 0.1) is 0 Å². The molecule has 2 unspecified atom stereocenters. The van der Waals surface area contributed by atoms with Gasteiger partial charge in [0.2, 0.25) is 0 Å². The van der Waals surface area contributed by atoms with Crippen LogP contribution in [0.25, 0.3) is 0 Å². The fraction of sp³-hybridized carbons (Fsp3) is 0.375. The van der Waals surface area contributed by atoms with Gasteiger partial charge in [0.1, 0.15) is 22.2 Å². The normalized spacial score (nSPS) is 15.1. The van der Waals surface area contributed by atoms with Crippen molar-refractivity contribution in [2.45, 2.75) is 12.2 Å². The van der Waals surface area contributed by atoms with Gasteiger partial charge in [0.05, 0.1) is 12.0 Å². The first-order chi connectivity index (χ1) is 6.56. The monoisotopic (exact) mass is 281 g/mol. The minimum atomic E-state index is -1.29. The fourth-order valence-electron chi connectivity index (χ4n) is 0.927. The number of nitrogens with zero attached hydrogens (tertiary/aromatic N) is 1. The molecular formula is C8H9BrClNO3. The molecule has 0 radical (unpaired) electrons. The highest BCUT2D eigenvalue weighted by atomic mass is 79.9. The van der Waals surface area contributed by atoms with Crippen LogP contribution in [0.5, 0.6) is 5.75 Å². The molecule has 14 heavy (non-hydrogen) atoms. The van der Waals surface area contributed by atoms with Crippen molar-refractivity contribution in [2.75, 3.05) is 5.88 Å². The number of aliphatic hydroxyl groups is 2. The van der Waals surface area contributed by atoms with Crippen molar-refractivity contribution in [1.82, 2.24) is 4.98 Å². The van der Waals surface area contributed by atoms with E-state index in [-0.39, 0.29) is 17.3 Å². The highest BCUT2D eigenvalue weighted by Gasteiger charge is 2.22. The van der Waals surface area contributed by atoms with Crippen LogP contribution in [0.2, 0.25) is 0 Å². The van der Waals surface area contributed by atoms with Gasteiger partial charge >= 0.3 is 0 Å². The average Bonchev–Trinajstić information content (AvgIpc) is 2.19. The van der Waals surface area contributed by atoms with Gasteiger partial charge in [0.25, 0.3) is 0 Å². The van der Waals surface area contributed by atoms with Crippen molar-refractivity contribution in [2.24, 2.45) is 0 Å². The number of hydrogen-bond donors (Lipinski definition) is 3. The van der Waals surface area contributed by atoms with Crippen LogP contribution in [0.4, 0.5) is 0 Å². The highest BCUT2D eigenvalue weighted by Crippen LogP contribution is 2.26. The summed E-state index contributed by atoms with van der Waals surface area (Å²) >= 11 is 8.45.